The number of nitrogens with zero attached hydrogens (tertiary/aromatic N) is 2. The van der Waals surface area contributed by atoms with Crippen molar-refractivity contribution < 1.29 is 4.74 Å². The van der Waals surface area contributed by atoms with E-state index in [0.717, 1.165) is 42.3 Å². The highest BCUT2D eigenvalue weighted by atomic mass is 35.5. The molecule has 0 aromatic heterocycles. The summed E-state index contributed by atoms with van der Waals surface area (Å²) in [6.45, 7) is 10.3. The number of allylic oxidation sites excluding steroid dienone is 1. The molecule has 0 atom stereocenters. The SMILES string of the molecule is C=CCc1cc(Cl)ccc1OCCCN1CCN(C)CC1. The van der Waals surface area contributed by atoms with Crippen LogP contribution in [0.2, 0.25) is 5.02 Å². The van der Waals surface area contributed by atoms with E-state index in [2.05, 4.69) is 23.4 Å². The zero-order chi connectivity index (χ0) is 15.1. The molecule has 0 amide bonds. The number of benzene rings is 1. The highest BCUT2D eigenvalue weighted by Crippen LogP contribution is 2.23. The van der Waals surface area contributed by atoms with Gasteiger partial charge in [-0.25, -0.2) is 0 Å². The van der Waals surface area contributed by atoms with Crippen molar-refractivity contribution in [1.29, 1.82) is 0 Å². The van der Waals surface area contributed by atoms with Crippen LogP contribution in [0.1, 0.15) is 12.0 Å². The number of piperazine rings is 1. The number of likely N-dealkylation sites (N-methyl/N-ethyl adjacent to an activating group) is 1. The molecule has 116 valence electrons. The first kappa shape index (κ1) is 16.3. The van der Waals surface area contributed by atoms with Gasteiger partial charge in [0.1, 0.15) is 5.75 Å². The zero-order valence-electron chi connectivity index (χ0n) is 12.9. The fourth-order valence-electron chi connectivity index (χ4n) is 2.55. The van der Waals surface area contributed by atoms with Crippen molar-refractivity contribution in [1.82, 2.24) is 9.80 Å². The fraction of sp³-hybridized carbons (Fsp3) is 0.529. The van der Waals surface area contributed by atoms with E-state index in [-0.39, 0.29) is 0 Å². The van der Waals surface area contributed by atoms with Gasteiger partial charge < -0.3 is 14.5 Å². The number of hydrogen-bond acceptors (Lipinski definition) is 3. The third-order valence-corrected chi connectivity index (χ3v) is 4.09. The molecule has 1 aromatic rings. The molecular weight excluding hydrogens is 284 g/mol. The molecule has 4 heteroatoms. The number of rotatable bonds is 7. The minimum atomic E-state index is 0.747. The Morgan fingerprint density at radius 1 is 1.29 bits per heavy atom. The molecule has 0 spiro atoms. The van der Waals surface area contributed by atoms with E-state index >= 15 is 0 Å². The molecule has 1 aromatic carbocycles. The third-order valence-electron chi connectivity index (χ3n) is 3.86. The summed E-state index contributed by atoms with van der Waals surface area (Å²) < 4.78 is 5.91. The lowest BCUT2D eigenvalue weighted by Gasteiger charge is -2.32. The van der Waals surface area contributed by atoms with Crippen molar-refractivity contribution >= 4 is 11.6 Å². The molecule has 0 aliphatic carbocycles. The summed E-state index contributed by atoms with van der Waals surface area (Å²) in [6, 6.07) is 5.79. The molecule has 0 N–H and O–H groups in total. The number of hydrogen-bond donors (Lipinski definition) is 0. The summed E-state index contributed by atoms with van der Waals surface area (Å²) in [5.41, 5.74) is 1.11. The van der Waals surface area contributed by atoms with Gasteiger partial charge in [0.05, 0.1) is 6.61 Å². The molecule has 0 radical (unpaired) electrons. The lowest BCUT2D eigenvalue weighted by atomic mass is 10.1. The van der Waals surface area contributed by atoms with Gasteiger partial charge in [0.2, 0.25) is 0 Å². The van der Waals surface area contributed by atoms with Crippen molar-refractivity contribution in [3.05, 3.63) is 41.4 Å². The fourth-order valence-corrected chi connectivity index (χ4v) is 2.74. The molecule has 1 aliphatic rings. The summed E-state index contributed by atoms with van der Waals surface area (Å²) in [7, 11) is 2.18. The molecule has 0 saturated carbocycles. The highest BCUT2D eigenvalue weighted by molar-refractivity contribution is 6.30. The van der Waals surface area contributed by atoms with E-state index in [0.29, 0.717) is 0 Å². The first-order valence-electron chi connectivity index (χ1n) is 7.62. The van der Waals surface area contributed by atoms with Gasteiger partial charge in [-0.3, -0.25) is 0 Å². The zero-order valence-corrected chi connectivity index (χ0v) is 13.6. The van der Waals surface area contributed by atoms with Crippen LogP contribution in [0.25, 0.3) is 0 Å². The van der Waals surface area contributed by atoms with Crippen molar-refractivity contribution in [3.8, 4) is 5.75 Å². The van der Waals surface area contributed by atoms with Gasteiger partial charge in [-0.05, 0) is 43.7 Å². The second kappa shape index (κ2) is 8.42. The van der Waals surface area contributed by atoms with Crippen LogP contribution in [-0.2, 0) is 6.42 Å². The van der Waals surface area contributed by atoms with Crippen molar-refractivity contribution in [2.45, 2.75) is 12.8 Å². The van der Waals surface area contributed by atoms with Gasteiger partial charge in [0.15, 0.2) is 0 Å². The van der Waals surface area contributed by atoms with Gasteiger partial charge in [-0.2, -0.15) is 0 Å². The summed E-state index contributed by atoms with van der Waals surface area (Å²) in [6.07, 6.45) is 3.72. The summed E-state index contributed by atoms with van der Waals surface area (Å²) in [5.74, 6) is 0.928. The molecule has 1 saturated heterocycles. The first-order valence-corrected chi connectivity index (χ1v) is 8.00. The van der Waals surface area contributed by atoms with Crippen LogP contribution >= 0.6 is 11.6 Å². The van der Waals surface area contributed by atoms with E-state index < -0.39 is 0 Å². The smallest absolute Gasteiger partial charge is 0.122 e. The van der Waals surface area contributed by atoms with Crippen LogP contribution in [0.3, 0.4) is 0 Å². The Morgan fingerprint density at radius 3 is 2.76 bits per heavy atom. The molecule has 0 unspecified atom stereocenters. The van der Waals surface area contributed by atoms with E-state index in [4.69, 9.17) is 16.3 Å². The standard InChI is InChI=1S/C17H25ClN2O/c1-3-5-15-14-16(18)6-7-17(15)21-13-4-8-20-11-9-19(2)10-12-20/h3,6-7,14H,1,4-5,8-13H2,2H3. The molecule has 1 fully saturated rings. The largest absolute Gasteiger partial charge is 0.493 e. The van der Waals surface area contributed by atoms with E-state index in [1.54, 1.807) is 0 Å². The number of ether oxygens (including phenoxy) is 1. The quantitative estimate of drug-likeness (QED) is 0.569. The topological polar surface area (TPSA) is 15.7 Å². The average molecular weight is 309 g/mol. The average Bonchev–Trinajstić information content (AvgIpc) is 2.48. The number of halogens is 1. The molecule has 1 aliphatic heterocycles. The van der Waals surface area contributed by atoms with E-state index in [1.807, 2.05) is 24.3 Å². The monoisotopic (exact) mass is 308 g/mol. The minimum Gasteiger partial charge on any atom is -0.493 e. The summed E-state index contributed by atoms with van der Waals surface area (Å²) >= 11 is 6.03. The second-order valence-electron chi connectivity index (χ2n) is 5.59. The first-order chi connectivity index (χ1) is 10.2. The Labute approximate surface area is 133 Å². The Bertz CT molecular complexity index is 456. The Morgan fingerprint density at radius 2 is 2.05 bits per heavy atom. The molecule has 1 heterocycles. The molecule has 21 heavy (non-hydrogen) atoms. The van der Waals surface area contributed by atoms with Gasteiger partial charge in [0, 0.05) is 37.7 Å². The van der Waals surface area contributed by atoms with Gasteiger partial charge >= 0.3 is 0 Å². The lowest BCUT2D eigenvalue weighted by Crippen LogP contribution is -2.44. The van der Waals surface area contributed by atoms with Crippen LogP contribution in [0, 0.1) is 0 Å². The van der Waals surface area contributed by atoms with Gasteiger partial charge in [0.25, 0.3) is 0 Å². The van der Waals surface area contributed by atoms with Crippen molar-refractivity contribution in [3.63, 3.8) is 0 Å². The Hall–Kier alpha value is -1.03. The maximum atomic E-state index is 6.03. The normalized spacial score (nSPS) is 16.9. The Balaban J connectivity index is 1.74. The lowest BCUT2D eigenvalue weighted by molar-refractivity contribution is 0.145. The van der Waals surface area contributed by atoms with Crippen LogP contribution in [0.15, 0.2) is 30.9 Å². The van der Waals surface area contributed by atoms with Crippen LogP contribution in [0.4, 0.5) is 0 Å². The molecule has 2 rings (SSSR count). The van der Waals surface area contributed by atoms with Crippen LogP contribution in [-0.4, -0.2) is 56.2 Å². The Kier molecular flexibility index (Phi) is 6.55. The predicted octanol–water partition coefficient (Wildman–Crippen LogP) is 3.08. The van der Waals surface area contributed by atoms with Crippen LogP contribution in [0.5, 0.6) is 5.75 Å². The molecule has 3 nitrogen and oxygen atoms in total. The maximum Gasteiger partial charge on any atom is 0.122 e. The minimum absolute atomic E-state index is 0.747. The van der Waals surface area contributed by atoms with E-state index in [1.165, 1.54) is 26.2 Å². The van der Waals surface area contributed by atoms with Crippen molar-refractivity contribution in [2.24, 2.45) is 0 Å². The molecule has 0 bridgehead atoms. The predicted molar refractivity (Wildman–Crippen MR) is 89.4 cm³/mol. The van der Waals surface area contributed by atoms with Gasteiger partial charge in [-0.15, -0.1) is 6.58 Å². The maximum absolute atomic E-state index is 6.03. The summed E-state index contributed by atoms with van der Waals surface area (Å²) in [5, 5.41) is 0.747. The second-order valence-corrected chi connectivity index (χ2v) is 6.03. The summed E-state index contributed by atoms with van der Waals surface area (Å²) in [4.78, 5) is 4.89. The van der Waals surface area contributed by atoms with Gasteiger partial charge in [-0.1, -0.05) is 17.7 Å². The highest BCUT2D eigenvalue weighted by Gasteiger charge is 2.13. The van der Waals surface area contributed by atoms with Crippen molar-refractivity contribution in [2.75, 3.05) is 46.4 Å². The third kappa shape index (κ3) is 5.34. The van der Waals surface area contributed by atoms with Crippen LogP contribution < -0.4 is 4.74 Å². The molecular formula is C17H25ClN2O. The van der Waals surface area contributed by atoms with E-state index in [9.17, 15) is 0 Å².